The van der Waals surface area contributed by atoms with E-state index in [0.717, 1.165) is 32.6 Å². The van der Waals surface area contributed by atoms with E-state index in [4.69, 9.17) is 0 Å². The molecule has 2 aliphatic heterocycles. The largest absolute Gasteiger partial charge is 0.340 e. The maximum absolute atomic E-state index is 13.2. The number of rotatable bonds is 3. The van der Waals surface area contributed by atoms with Gasteiger partial charge in [-0.05, 0) is 30.0 Å². The van der Waals surface area contributed by atoms with Crippen molar-refractivity contribution in [3.05, 3.63) is 35.4 Å². The SMILES string of the molecule is CC(C)CC(=O)N1Cc2ccccc2CC1C(=O)N1CCCNCC1.Cl. The van der Waals surface area contributed by atoms with E-state index in [1.165, 1.54) is 11.1 Å². The van der Waals surface area contributed by atoms with Crippen LogP contribution in [0, 0.1) is 5.92 Å². The Kier molecular flexibility index (Phi) is 7.47. The van der Waals surface area contributed by atoms with Crippen molar-refractivity contribution >= 4 is 24.2 Å². The number of nitrogens with zero attached hydrogens (tertiary/aromatic N) is 2. The highest BCUT2D eigenvalue weighted by atomic mass is 35.5. The van der Waals surface area contributed by atoms with E-state index in [9.17, 15) is 9.59 Å². The lowest BCUT2D eigenvalue weighted by atomic mass is 9.92. The highest BCUT2D eigenvalue weighted by Gasteiger charge is 2.36. The molecule has 0 aliphatic carbocycles. The second-order valence-electron chi connectivity index (χ2n) is 7.54. The minimum atomic E-state index is -0.362. The molecule has 3 rings (SSSR count). The number of benzene rings is 1. The maximum Gasteiger partial charge on any atom is 0.245 e. The van der Waals surface area contributed by atoms with E-state index in [1.807, 2.05) is 35.8 Å². The van der Waals surface area contributed by atoms with Crippen molar-refractivity contribution in [3.8, 4) is 0 Å². The fourth-order valence-electron chi connectivity index (χ4n) is 3.75. The molecule has 6 heteroatoms. The fraction of sp³-hybridized carbons (Fsp3) is 0.600. The summed E-state index contributed by atoms with van der Waals surface area (Å²) in [5.41, 5.74) is 2.36. The number of carbonyl (C=O) groups excluding carboxylic acids is 2. The number of nitrogens with one attached hydrogen (secondary N) is 1. The molecule has 1 fully saturated rings. The zero-order valence-corrected chi connectivity index (χ0v) is 16.6. The summed E-state index contributed by atoms with van der Waals surface area (Å²) in [4.78, 5) is 29.8. The lowest BCUT2D eigenvalue weighted by Gasteiger charge is -2.38. The standard InChI is InChI=1S/C20H29N3O2.ClH/c1-15(2)12-19(24)23-14-17-7-4-3-6-16(17)13-18(23)20(25)22-10-5-8-21-9-11-22;/h3-4,6-7,15,18,21H,5,8-14H2,1-2H3;1H. The number of hydrogen-bond acceptors (Lipinski definition) is 3. The monoisotopic (exact) mass is 379 g/mol. The van der Waals surface area contributed by atoms with Gasteiger partial charge in [-0.1, -0.05) is 38.1 Å². The van der Waals surface area contributed by atoms with Crippen LogP contribution in [-0.2, 0) is 22.6 Å². The molecule has 1 N–H and O–H groups in total. The van der Waals surface area contributed by atoms with Gasteiger partial charge in [0.1, 0.15) is 6.04 Å². The minimum absolute atomic E-state index is 0. The molecule has 1 aromatic carbocycles. The lowest BCUT2D eigenvalue weighted by Crippen LogP contribution is -2.54. The lowest BCUT2D eigenvalue weighted by molar-refractivity contribution is -0.147. The predicted octanol–water partition coefficient (Wildman–Crippen LogP) is 2.23. The van der Waals surface area contributed by atoms with Gasteiger partial charge in [-0.3, -0.25) is 9.59 Å². The van der Waals surface area contributed by atoms with Crippen molar-refractivity contribution in [3.63, 3.8) is 0 Å². The van der Waals surface area contributed by atoms with Gasteiger partial charge in [-0.2, -0.15) is 0 Å². The Balaban J connectivity index is 0.00000243. The molecular formula is C20H30ClN3O2. The molecular weight excluding hydrogens is 350 g/mol. The van der Waals surface area contributed by atoms with Gasteiger partial charge >= 0.3 is 0 Å². The molecule has 0 bridgehead atoms. The van der Waals surface area contributed by atoms with Crippen LogP contribution in [0.5, 0.6) is 0 Å². The van der Waals surface area contributed by atoms with Gasteiger partial charge in [0, 0.05) is 39.0 Å². The zero-order valence-electron chi connectivity index (χ0n) is 15.7. The third-order valence-corrected chi connectivity index (χ3v) is 5.09. The molecule has 5 nitrogen and oxygen atoms in total. The molecule has 1 unspecified atom stereocenters. The Morgan fingerprint density at radius 2 is 1.88 bits per heavy atom. The van der Waals surface area contributed by atoms with Crippen LogP contribution in [0.2, 0.25) is 0 Å². The van der Waals surface area contributed by atoms with Gasteiger partial charge < -0.3 is 15.1 Å². The summed E-state index contributed by atoms with van der Waals surface area (Å²) in [5.74, 6) is 0.494. The molecule has 1 atom stereocenters. The minimum Gasteiger partial charge on any atom is -0.340 e. The Bertz CT molecular complexity index is 627. The number of halogens is 1. The van der Waals surface area contributed by atoms with Crippen LogP contribution in [0.4, 0.5) is 0 Å². The van der Waals surface area contributed by atoms with Gasteiger partial charge in [0.2, 0.25) is 11.8 Å². The van der Waals surface area contributed by atoms with Gasteiger partial charge in [0.05, 0.1) is 0 Å². The highest BCUT2D eigenvalue weighted by molar-refractivity contribution is 5.88. The molecule has 26 heavy (non-hydrogen) atoms. The smallest absolute Gasteiger partial charge is 0.245 e. The van der Waals surface area contributed by atoms with E-state index < -0.39 is 0 Å². The molecule has 0 radical (unpaired) electrons. The summed E-state index contributed by atoms with van der Waals surface area (Å²) >= 11 is 0. The van der Waals surface area contributed by atoms with Gasteiger partial charge in [-0.15, -0.1) is 12.4 Å². The Labute approximate surface area is 162 Å². The second-order valence-corrected chi connectivity index (χ2v) is 7.54. The number of amides is 2. The van der Waals surface area contributed by atoms with Crippen molar-refractivity contribution in [2.75, 3.05) is 26.2 Å². The summed E-state index contributed by atoms with van der Waals surface area (Å²) in [5, 5.41) is 3.34. The molecule has 2 heterocycles. The van der Waals surface area contributed by atoms with E-state index >= 15 is 0 Å². The molecule has 0 saturated carbocycles. The van der Waals surface area contributed by atoms with Gasteiger partial charge in [0.25, 0.3) is 0 Å². The Hall–Kier alpha value is -1.59. The topological polar surface area (TPSA) is 52.7 Å². The third-order valence-electron chi connectivity index (χ3n) is 5.09. The second kappa shape index (κ2) is 9.38. The van der Waals surface area contributed by atoms with E-state index in [2.05, 4.69) is 17.4 Å². The van der Waals surface area contributed by atoms with Crippen LogP contribution in [0.3, 0.4) is 0 Å². The summed E-state index contributed by atoms with van der Waals surface area (Å²) in [7, 11) is 0. The molecule has 1 saturated heterocycles. The normalized spacial score (nSPS) is 20.2. The summed E-state index contributed by atoms with van der Waals surface area (Å²) in [6, 6.07) is 7.82. The quantitative estimate of drug-likeness (QED) is 0.876. The van der Waals surface area contributed by atoms with Crippen LogP contribution in [0.25, 0.3) is 0 Å². The van der Waals surface area contributed by atoms with Crippen LogP contribution in [0.1, 0.15) is 37.8 Å². The first-order valence-corrected chi connectivity index (χ1v) is 9.42. The van der Waals surface area contributed by atoms with Crippen LogP contribution in [-0.4, -0.2) is 53.8 Å². The van der Waals surface area contributed by atoms with Crippen LogP contribution >= 0.6 is 12.4 Å². The van der Waals surface area contributed by atoms with Crippen molar-refractivity contribution in [2.45, 2.75) is 45.7 Å². The molecule has 1 aromatic rings. The van der Waals surface area contributed by atoms with Crippen molar-refractivity contribution in [2.24, 2.45) is 5.92 Å². The van der Waals surface area contributed by atoms with Crippen LogP contribution in [0.15, 0.2) is 24.3 Å². The van der Waals surface area contributed by atoms with E-state index in [-0.39, 0.29) is 30.3 Å². The van der Waals surface area contributed by atoms with Crippen molar-refractivity contribution in [1.29, 1.82) is 0 Å². The molecule has 2 amide bonds. The Morgan fingerprint density at radius 3 is 2.62 bits per heavy atom. The predicted molar refractivity (Wildman–Crippen MR) is 105 cm³/mol. The Morgan fingerprint density at radius 1 is 1.15 bits per heavy atom. The van der Waals surface area contributed by atoms with Gasteiger partial charge in [0.15, 0.2) is 0 Å². The van der Waals surface area contributed by atoms with Crippen molar-refractivity contribution in [1.82, 2.24) is 15.1 Å². The number of carbonyl (C=O) groups is 2. The first-order valence-electron chi connectivity index (χ1n) is 9.42. The fourth-order valence-corrected chi connectivity index (χ4v) is 3.75. The molecule has 144 valence electrons. The average Bonchev–Trinajstić information content (AvgIpc) is 2.88. The first-order chi connectivity index (χ1) is 12.1. The summed E-state index contributed by atoms with van der Waals surface area (Å²) < 4.78 is 0. The molecule has 2 aliphatic rings. The maximum atomic E-state index is 13.2. The van der Waals surface area contributed by atoms with E-state index in [0.29, 0.717) is 25.3 Å². The zero-order chi connectivity index (χ0) is 17.8. The van der Waals surface area contributed by atoms with E-state index in [1.54, 1.807) is 0 Å². The number of hydrogen-bond donors (Lipinski definition) is 1. The highest BCUT2D eigenvalue weighted by Crippen LogP contribution is 2.26. The molecule has 0 spiro atoms. The van der Waals surface area contributed by atoms with Crippen molar-refractivity contribution < 1.29 is 9.59 Å². The third kappa shape index (κ3) is 4.77. The van der Waals surface area contributed by atoms with Crippen LogP contribution < -0.4 is 5.32 Å². The van der Waals surface area contributed by atoms with Gasteiger partial charge in [-0.25, -0.2) is 0 Å². The molecule has 0 aromatic heterocycles. The number of fused-ring (bicyclic) bond motifs is 1. The summed E-state index contributed by atoms with van der Waals surface area (Å²) in [6.07, 6.45) is 2.09. The summed E-state index contributed by atoms with van der Waals surface area (Å²) in [6.45, 7) is 7.92. The first kappa shape index (κ1) is 20.7. The average molecular weight is 380 g/mol.